The van der Waals surface area contributed by atoms with Crippen LogP contribution in [0.3, 0.4) is 0 Å². The molecule has 3 rings (SSSR count). The van der Waals surface area contributed by atoms with E-state index in [1.807, 2.05) is 44.0 Å². The van der Waals surface area contributed by atoms with E-state index in [9.17, 15) is 4.79 Å². The fourth-order valence-electron chi connectivity index (χ4n) is 3.83. The summed E-state index contributed by atoms with van der Waals surface area (Å²) >= 11 is 0. The van der Waals surface area contributed by atoms with Crippen molar-refractivity contribution in [2.24, 2.45) is 0 Å². The number of hydrogen-bond acceptors (Lipinski definition) is 2. The molecule has 1 aliphatic rings. The summed E-state index contributed by atoms with van der Waals surface area (Å²) in [4.78, 5) is 14.8. The summed E-state index contributed by atoms with van der Waals surface area (Å²) in [6.07, 6.45) is 3.29. The first kappa shape index (κ1) is 19.4. The highest BCUT2D eigenvalue weighted by Crippen LogP contribution is 2.26. The second-order valence-electron chi connectivity index (χ2n) is 7.73. The predicted octanol–water partition coefficient (Wildman–Crippen LogP) is 3.88. The van der Waals surface area contributed by atoms with Crippen LogP contribution in [-0.2, 0) is 25.9 Å². The largest absolute Gasteiger partial charge is 0.336 e. The Morgan fingerprint density at radius 2 is 1.89 bits per heavy atom. The molecule has 0 saturated carbocycles. The lowest BCUT2D eigenvalue weighted by molar-refractivity contribution is 0.189. The van der Waals surface area contributed by atoms with E-state index in [1.54, 1.807) is 0 Å². The number of urea groups is 1. The van der Waals surface area contributed by atoms with Gasteiger partial charge in [0, 0.05) is 25.2 Å². The maximum Gasteiger partial charge on any atom is 0.318 e. The Bertz CT molecular complexity index is 757. The lowest BCUT2D eigenvalue weighted by Gasteiger charge is -2.29. The van der Waals surface area contributed by atoms with Crippen LogP contribution >= 0.6 is 0 Å². The lowest BCUT2D eigenvalue weighted by Crippen LogP contribution is -2.42. The van der Waals surface area contributed by atoms with Crippen molar-refractivity contribution in [3.63, 3.8) is 0 Å². The maximum absolute atomic E-state index is 12.8. The highest BCUT2D eigenvalue weighted by molar-refractivity contribution is 5.74. The third kappa shape index (κ3) is 5.10. The summed E-state index contributed by atoms with van der Waals surface area (Å²) in [6, 6.07) is 17.4. The number of nitrogens with zero attached hydrogens (tertiary/aromatic N) is 1. The smallest absolute Gasteiger partial charge is 0.318 e. The third-order valence-electron chi connectivity index (χ3n) is 5.26. The number of likely N-dealkylation sites (N-methyl/N-ethyl adjacent to an activating group) is 1. The molecule has 0 aromatic heterocycles. The number of carbonyl (C=O) groups is 1. The molecule has 0 saturated heterocycles. The summed E-state index contributed by atoms with van der Waals surface area (Å²) in [5, 5.41) is 6.46. The maximum atomic E-state index is 12.8. The van der Waals surface area contributed by atoms with Crippen molar-refractivity contribution in [1.29, 1.82) is 0 Å². The molecule has 4 heteroatoms. The third-order valence-corrected chi connectivity index (χ3v) is 5.26. The summed E-state index contributed by atoms with van der Waals surface area (Å²) in [7, 11) is 2.04. The molecule has 0 fully saturated rings. The zero-order valence-electron chi connectivity index (χ0n) is 16.7. The summed E-state index contributed by atoms with van der Waals surface area (Å²) in [6.45, 7) is 5.25. The van der Waals surface area contributed by atoms with Gasteiger partial charge in [0.05, 0.1) is 0 Å². The fraction of sp³-hybridized carbons (Fsp3) is 0.435. The van der Waals surface area contributed by atoms with Gasteiger partial charge in [0.1, 0.15) is 0 Å². The van der Waals surface area contributed by atoms with Gasteiger partial charge in [-0.25, -0.2) is 4.79 Å². The van der Waals surface area contributed by atoms with Crippen molar-refractivity contribution in [3.8, 4) is 0 Å². The molecule has 0 unspecified atom stereocenters. The van der Waals surface area contributed by atoms with Gasteiger partial charge in [-0.05, 0) is 62.4 Å². The summed E-state index contributed by atoms with van der Waals surface area (Å²) in [5.74, 6) is 0. The zero-order chi connectivity index (χ0) is 19.2. The second-order valence-corrected chi connectivity index (χ2v) is 7.73. The van der Waals surface area contributed by atoms with E-state index in [0.717, 1.165) is 24.8 Å². The minimum atomic E-state index is -0.00429. The Labute approximate surface area is 163 Å². The van der Waals surface area contributed by atoms with Crippen LogP contribution in [0.4, 0.5) is 4.79 Å². The van der Waals surface area contributed by atoms with Crippen LogP contribution in [-0.4, -0.2) is 30.1 Å². The number of rotatable bonds is 6. The van der Waals surface area contributed by atoms with Crippen LogP contribution in [0.5, 0.6) is 0 Å². The highest BCUT2D eigenvalue weighted by atomic mass is 16.2. The van der Waals surface area contributed by atoms with Crippen LogP contribution in [0.25, 0.3) is 0 Å². The molecule has 0 radical (unpaired) electrons. The van der Waals surface area contributed by atoms with E-state index in [2.05, 4.69) is 41.0 Å². The van der Waals surface area contributed by atoms with E-state index < -0.39 is 0 Å². The van der Waals surface area contributed by atoms with Crippen molar-refractivity contribution in [2.75, 3.05) is 7.05 Å². The fourth-order valence-corrected chi connectivity index (χ4v) is 3.83. The molecule has 2 aromatic rings. The molecule has 0 heterocycles. The Morgan fingerprint density at radius 3 is 2.59 bits per heavy atom. The molecule has 0 bridgehead atoms. The molecule has 4 nitrogen and oxygen atoms in total. The van der Waals surface area contributed by atoms with Gasteiger partial charge in [-0.2, -0.15) is 0 Å². The van der Waals surface area contributed by atoms with Crippen LogP contribution < -0.4 is 10.6 Å². The number of nitrogens with one attached hydrogen (secondary N) is 2. The van der Waals surface area contributed by atoms with Gasteiger partial charge in [-0.3, -0.25) is 0 Å². The van der Waals surface area contributed by atoms with Crippen molar-refractivity contribution in [1.82, 2.24) is 15.5 Å². The molecule has 0 aliphatic heterocycles. The van der Waals surface area contributed by atoms with E-state index >= 15 is 0 Å². The van der Waals surface area contributed by atoms with Crippen LogP contribution in [0, 0.1) is 0 Å². The van der Waals surface area contributed by atoms with Gasteiger partial charge >= 0.3 is 6.03 Å². The van der Waals surface area contributed by atoms with E-state index in [1.165, 1.54) is 16.7 Å². The van der Waals surface area contributed by atoms with Gasteiger partial charge in [0.25, 0.3) is 0 Å². The molecule has 1 atom stereocenters. The number of fused-ring (bicyclic) bond motifs is 1. The molecule has 2 N–H and O–H groups in total. The van der Waals surface area contributed by atoms with E-state index in [0.29, 0.717) is 19.1 Å². The first-order chi connectivity index (χ1) is 13.1. The topological polar surface area (TPSA) is 44.4 Å². The number of amides is 2. The number of benzene rings is 2. The monoisotopic (exact) mass is 365 g/mol. The van der Waals surface area contributed by atoms with Gasteiger partial charge in [0.2, 0.25) is 0 Å². The second kappa shape index (κ2) is 9.05. The minimum Gasteiger partial charge on any atom is -0.336 e. The normalized spacial score (nSPS) is 16.1. The van der Waals surface area contributed by atoms with Crippen molar-refractivity contribution < 1.29 is 4.79 Å². The zero-order valence-corrected chi connectivity index (χ0v) is 16.7. The standard InChI is InChI=1S/C23H31N3O/c1-17(2)25-23(27)26(15-18-8-5-4-6-9-18)16-20-11-7-10-19-14-21(24-3)12-13-22(19)20/h4-11,17,21,24H,12-16H2,1-3H3,(H,25,27)/t21-/m0/s1. The molecule has 1 aliphatic carbocycles. The first-order valence-corrected chi connectivity index (χ1v) is 9.93. The van der Waals surface area contributed by atoms with Crippen LogP contribution in [0.1, 0.15) is 42.5 Å². The van der Waals surface area contributed by atoms with Crippen LogP contribution in [0.2, 0.25) is 0 Å². The molecule has 144 valence electrons. The Balaban J connectivity index is 1.82. The summed E-state index contributed by atoms with van der Waals surface area (Å²) in [5.41, 5.74) is 5.27. The molecule has 2 amide bonds. The lowest BCUT2D eigenvalue weighted by atomic mass is 9.85. The van der Waals surface area contributed by atoms with Gasteiger partial charge < -0.3 is 15.5 Å². The quantitative estimate of drug-likeness (QED) is 0.816. The molecule has 0 spiro atoms. The average Bonchev–Trinajstić information content (AvgIpc) is 2.67. The molecular weight excluding hydrogens is 334 g/mol. The van der Waals surface area contributed by atoms with Crippen molar-refractivity contribution in [3.05, 3.63) is 70.8 Å². The number of carbonyl (C=O) groups excluding carboxylic acids is 1. The Morgan fingerprint density at radius 1 is 1.11 bits per heavy atom. The highest BCUT2D eigenvalue weighted by Gasteiger charge is 2.22. The minimum absolute atomic E-state index is 0.00429. The van der Waals surface area contributed by atoms with Crippen molar-refractivity contribution in [2.45, 2.75) is 58.3 Å². The van der Waals surface area contributed by atoms with Crippen LogP contribution in [0.15, 0.2) is 48.5 Å². The Kier molecular flexibility index (Phi) is 6.51. The van der Waals surface area contributed by atoms with E-state index in [4.69, 9.17) is 0 Å². The SMILES string of the molecule is CN[C@H]1CCc2c(cccc2CN(Cc2ccccc2)C(=O)NC(C)C)C1. The van der Waals surface area contributed by atoms with Gasteiger partial charge in [-0.15, -0.1) is 0 Å². The number of hydrogen-bond donors (Lipinski definition) is 2. The average molecular weight is 366 g/mol. The summed E-state index contributed by atoms with van der Waals surface area (Å²) < 4.78 is 0. The van der Waals surface area contributed by atoms with Gasteiger partial charge in [-0.1, -0.05) is 48.5 Å². The Hall–Kier alpha value is -2.33. The van der Waals surface area contributed by atoms with E-state index in [-0.39, 0.29) is 12.1 Å². The molecule has 27 heavy (non-hydrogen) atoms. The van der Waals surface area contributed by atoms with Gasteiger partial charge in [0.15, 0.2) is 0 Å². The first-order valence-electron chi connectivity index (χ1n) is 9.93. The predicted molar refractivity (Wildman–Crippen MR) is 111 cm³/mol. The van der Waals surface area contributed by atoms with Crippen molar-refractivity contribution >= 4 is 6.03 Å². The molecular formula is C23H31N3O. The molecule has 2 aromatic carbocycles.